The summed E-state index contributed by atoms with van der Waals surface area (Å²) in [5.74, 6) is 0.870. The van der Waals surface area contributed by atoms with Crippen molar-refractivity contribution in [1.29, 1.82) is 0 Å². The third-order valence-corrected chi connectivity index (χ3v) is 2.97. The van der Waals surface area contributed by atoms with Crippen LogP contribution >= 0.6 is 27.5 Å². The van der Waals surface area contributed by atoms with Gasteiger partial charge in [-0.15, -0.1) is 0 Å². The molecular weight excluding hydrogens is 275 g/mol. The Balaban J connectivity index is 2.73. The van der Waals surface area contributed by atoms with Gasteiger partial charge >= 0.3 is 0 Å². The predicted octanol–water partition coefficient (Wildman–Crippen LogP) is 3.72. The van der Waals surface area contributed by atoms with E-state index in [1.165, 1.54) is 0 Å². The van der Waals surface area contributed by atoms with Gasteiger partial charge in [0.15, 0.2) is 0 Å². The van der Waals surface area contributed by atoms with Crippen molar-refractivity contribution < 1.29 is 0 Å². The highest BCUT2D eigenvalue weighted by Gasteiger charge is 2.05. The zero-order chi connectivity index (χ0) is 11.0. The van der Waals surface area contributed by atoms with Gasteiger partial charge in [0, 0.05) is 24.0 Å². The van der Waals surface area contributed by atoms with Gasteiger partial charge in [0.1, 0.15) is 5.82 Å². The molecule has 0 amide bonds. The first kappa shape index (κ1) is 10.7. The number of anilines is 1. The molecule has 0 N–H and O–H groups in total. The van der Waals surface area contributed by atoms with E-state index < -0.39 is 0 Å². The average Bonchev–Trinajstić information content (AvgIpc) is 2.18. The third-order valence-electron chi connectivity index (χ3n) is 2.16. The SMILES string of the molecule is CN(C)c1cc(Cl)c2cc(Br)ccc2n1. The van der Waals surface area contributed by atoms with Crippen molar-refractivity contribution in [3.05, 3.63) is 33.8 Å². The zero-order valence-electron chi connectivity index (χ0n) is 8.46. The molecule has 0 fully saturated rings. The second-order valence-corrected chi connectivity index (χ2v) is 4.84. The van der Waals surface area contributed by atoms with Crippen molar-refractivity contribution in [2.75, 3.05) is 19.0 Å². The van der Waals surface area contributed by atoms with E-state index in [0.717, 1.165) is 26.2 Å². The van der Waals surface area contributed by atoms with Crippen molar-refractivity contribution in [2.24, 2.45) is 0 Å². The summed E-state index contributed by atoms with van der Waals surface area (Å²) in [7, 11) is 3.90. The van der Waals surface area contributed by atoms with Crippen LogP contribution in [0.1, 0.15) is 0 Å². The topological polar surface area (TPSA) is 16.1 Å². The Kier molecular flexibility index (Phi) is 2.85. The van der Waals surface area contributed by atoms with Gasteiger partial charge in [0.2, 0.25) is 0 Å². The molecule has 0 spiro atoms. The van der Waals surface area contributed by atoms with Gasteiger partial charge in [-0.25, -0.2) is 4.98 Å². The first-order valence-corrected chi connectivity index (χ1v) is 5.68. The Labute approximate surface area is 102 Å². The third kappa shape index (κ3) is 2.08. The maximum Gasteiger partial charge on any atom is 0.130 e. The minimum atomic E-state index is 0.727. The van der Waals surface area contributed by atoms with E-state index in [-0.39, 0.29) is 0 Å². The average molecular weight is 286 g/mol. The summed E-state index contributed by atoms with van der Waals surface area (Å²) in [6.07, 6.45) is 0. The highest BCUT2D eigenvalue weighted by atomic mass is 79.9. The second kappa shape index (κ2) is 3.99. The molecule has 1 aromatic carbocycles. The van der Waals surface area contributed by atoms with Crippen LogP contribution in [0.4, 0.5) is 5.82 Å². The number of hydrogen-bond donors (Lipinski definition) is 0. The Morgan fingerprint density at radius 1 is 1.27 bits per heavy atom. The van der Waals surface area contributed by atoms with Crippen molar-refractivity contribution in [1.82, 2.24) is 4.98 Å². The molecule has 4 heteroatoms. The molecule has 0 radical (unpaired) electrons. The molecule has 0 bridgehead atoms. The summed E-state index contributed by atoms with van der Waals surface area (Å²) in [5, 5.41) is 1.70. The first-order valence-electron chi connectivity index (χ1n) is 4.51. The number of hydrogen-bond acceptors (Lipinski definition) is 2. The van der Waals surface area contributed by atoms with E-state index in [1.54, 1.807) is 0 Å². The Bertz CT molecular complexity index is 511. The lowest BCUT2D eigenvalue weighted by molar-refractivity contribution is 1.08. The molecule has 1 heterocycles. The van der Waals surface area contributed by atoms with Crippen molar-refractivity contribution >= 4 is 44.3 Å². The fourth-order valence-corrected chi connectivity index (χ4v) is 1.98. The van der Waals surface area contributed by atoms with E-state index in [4.69, 9.17) is 11.6 Å². The van der Waals surface area contributed by atoms with E-state index >= 15 is 0 Å². The number of rotatable bonds is 1. The molecule has 78 valence electrons. The quantitative estimate of drug-likeness (QED) is 0.794. The lowest BCUT2D eigenvalue weighted by Gasteiger charge is -2.12. The van der Waals surface area contributed by atoms with Crippen LogP contribution in [-0.4, -0.2) is 19.1 Å². The van der Waals surface area contributed by atoms with Crippen LogP contribution in [0.5, 0.6) is 0 Å². The van der Waals surface area contributed by atoms with Crippen LogP contribution in [0.2, 0.25) is 5.02 Å². The molecule has 2 nitrogen and oxygen atoms in total. The normalized spacial score (nSPS) is 10.7. The van der Waals surface area contributed by atoms with Gasteiger partial charge in [-0.05, 0) is 24.3 Å². The Morgan fingerprint density at radius 2 is 2.00 bits per heavy atom. The molecule has 2 aromatic rings. The van der Waals surface area contributed by atoms with Crippen LogP contribution in [0.3, 0.4) is 0 Å². The maximum atomic E-state index is 6.19. The molecule has 0 atom stereocenters. The lowest BCUT2D eigenvalue weighted by Crippen LogP contribution is -2.10. The van der Waals surface area contributed by atoms with Crippen molar-refractivity contribution in [3.8, 4) is 0 Å². The van der Waals surface area contributed by atoms with Crippen LogP contribution in [0.15, 0.2) is 28.7 Å². The van der Waals surface area contributed by atoms with E-state index in [1.807, 2.05) is 43.3 Å². The predicted molar refractivity (Wildman–Crippen MR) is 68.8 cm³/mol. The molecule has 0 unspecified atom stereocenters. The van der Waals surface area contributed by atoms with Gasteiger partial charge in [-0.2, -0.15) is 0 Å². The summed E-state index contributed by atoms with van der Waals surface area (Å²) < 4.78 is 1.01. The minimum Gasteiger partial charge on any atom is -0.363 e. The van der Waals surface area contributed by atoms with Crippen LogP contribution in [-0.2, 0) is 0 Å². The Morgan fingerprint density at radius 3 is 2.67 bits per heavy atom. The highest BCUT2D eigenvalue weighted by Crippen LogP contribution is 2.28. The number of fused-ring (bicyclic) bond motifs is 1. The molecule has 0 aliphatic carbocycles. The van der Waals surface area contributed by atoms with Gasteiger partial charge in [-0.3, -0.25) is 0 Å². The molecule has 2 rings (SSSR count). The molecular formula is C11H10BrClN2. The molecule has 1 aromatic heterocycles. The van der Waals surface area contributed by atoms with Gasteiger partial charge in [0.05, 0.1) is 10.5 Å². The van der Waals surface area contributed by atoms with Crippen LogP contribution < -0.4 is 4.90 Å². The summed E-state index contributed by atoms with van der Waals surface area (Å²) in [5.41, 5.74) is 0.911. The number of halogens is 2. The van der Waals surface area contributed by atoms with E-state index in [2.05, 4.69) is 20.9 Å². The van der Waals surface area contributed by atoms with Crippen LogP contribution in [0.25, 0.3) is 10.9 Å². The zero-order valence-corrected chi connectivity index (χ0v) is 10.8. The molecule has 0 saturated carbocycles. The lowest BCUT2D eigenvalue weighted by atomic mass is 10.2. The highest BCUT2D eigenvalue weighted by molar-refractivity contribution is 9.10. The second-order valence-electron chi connectivity index (χ2n) is 3.52. The monoisotopic (exact) mass is 284 g/mol. The molecule has 0 aliphatic rings. The van der Waals surface area contributed by atoms with Crippen molar-refractivity contribution in [3.63, 3.8) is 0 Å². The maximum absolute atomic E-state index is 6.19. The molecule has 0 aliphatic heterocycles. The van der Waals surface area contributed by atoms with Crippen LogP contribution in [0, 0.1) is 0 Å². The first-order chi connectivity index (χ1) is 7.08. The summed E-state index contributed by atoms with van der Waals surface area (Å²) in [4.78, 5) is 6.44. The number of benzene rings is 1. The van der Waals surface area contributed by atoms with E-state index in [0.29, 0.717) is 0 Å². The largest absolute Gasteiger partial charge is 0.363 e. The number of pyridine rings is 1. The van der Waals surface area contributed by atoms with E-state index in [9.17, 15) is 0 Å². The number of aromatic nitrogens is 1. The minimum absolute atomic E-state index is 0.727. The van der Waals surface area contributed by atoms with Gasteiger partial charge in [0.25, 0.3) is 0 Å². The summed E-state index contributed by atoms with van der Waals surface area (Å²) >= 11 is 9.61. The van der Waals surface area contributed by atoms with Crippen molar-refractivity contribution in [2.45, 2.75) is 0 Å². The van der Waals surface area contributed by atoms with Gasteiger partial charge < -0.3 is 4.90 Å². The number of nitrogens with zero attached hydrogens (tertiary/aromatic N) is 2. The smallest absolute Gasteiger partial charge is 0.130 e. The molecule has 15 heavy (non-hydrogen) atoms. The molecule has 0 saturated heterocycles. The fourth-order valence-electron chi connectivity index (χ4n) is 1.37. The fraction of sp³-hybridized carbons (Fsp3) is 0.182. The standard InChI is InChI=1S/C11H10BrClN2/c1-15(2)11-6-9(13)8-5-7(12)3-4-10(8)14-11/h3-6H,1-2H3. The Hall–Kier alpha value is -0.800. The summed E-state index contributed by atoms with van der Waals surface area (Å²) in [6, 6.07) is 7.77. The summed E-state index contributed by atoms with van der Waals surface area (Å²) in [6.45, 7) is 0. The van der Waals surface area contributed by atoms with Gasteiger partial charge in [-0.1, -0.05) is 27.5 Å².